The van der Waals surface area contributed by atoms with Crippen molar-refractivity contribution in [1.29, 1.82) is 0 Å². The van der Waals surface area contributed by atoms with Crippen LogP contribution in [0.4, 0.5) is 10.1 Å². The highest BCUT2D eigenvalue weighted by molar-refractivity contribution is 6.04. The summed E-state index contributed by atoms with van der Waals surface area (Å²) >= 11 is 0. The van der Waals surface area contributed by atoms with E-state index < -0.39 is 0 Å². The molecule has 0 saturated heterocycles. The molecule has 0 bridgehead atoms. The molecule has 3 aromatic carbocycles. The van der Waals surface area contributed by atoms with Gasteiger partial charge in [-0.3, -0.25) is 4.79 Å². The second-order valence-electron chi connectivity index (χ2n) is 6.86. The van der Waals surface area contributed by atoms with E-state index in [1.54, 1.807) is 25.3 Å². The van der Waals surface area contributed by atoms with Gasteiger partial charge in [-0.1, -0.05) is 29.8 Å². The fourth-order valence-electron chi connectivity index (χ4n) is 3.08. The number of hydrogen-bond donors (Lipinski definition) is 1. The van der Waals surface area contributed by atoms with Crippen molar-refractivity contribution >= 4 is 11.6 Å². The zero-order valence-corrected chi connectivity index (χ0v) is 16.6. The number of halogens is 1. The van der Waals surface area contributed by atoms with Crippen molar-refractivity contribution in [1.82, 2.24) is 9.78 Å². The number of methoxy groups -OCH3 is 1. The van der Waals surface area contributed by atoms with E-state index in [1.165, 1.54) is 16.8 Å². The van der Waals surface area contributed by atoms with Crippen LogP contribution >= 0.6 is 0 Å². The Morgan fingerprint density at radius 1 is 1.00 bits per heavy atom. The first kappa shape index (κ1) is 19.4. The summed E-state index contributed by atoms with van der Waals surface area (Å²) in [7, 11) is 1.59. The van der Waals surface area contributed by atoms with Crippen molar-refractivity contribution in [2.24, 2.45) is 0 Å². The van der Waals surface area contributed by atoms with Gasteiger partial charge in [0.05, 0.1) is 18.5 Å². The van der Waals surface area contributed by atoms with E-state index in [-0.39, 0.29) is 11.7 Å². The number of anilines is 1. The van der Waals surface area contributed by atoms with Gasteiger partial charge in [-0.2, -0.15) is 5.10 Å². The predicted molar refractivity (Wildman–Crippen MR) is 115 cm³/mol. The summed E-state index contributed by atoms with van der Waals surface area (Å²) in [5.41, 5.74) is 4.11. The first-order valence-corrected chi connectivity index (χ1v) is 9.42. The lowest BCUT2D eigenvalue weighted by molar-refractivity contribution is 0.101. The molecular weight excluding hydrogens is 381 g/mol. The second kappa shape index (κ2) is 8.21. The minimum absolute atomic E-state index is 0.315. The maximum atomic E-state index is 13.4. The van der Waals surface area contributed by atoms with Crippen molar-refractivity contribution in [3.63, 3.8) is 0 Å². The van der Waals surface area contributed by atoms with E-state index in [1.807, 2.05) is 55.5 Å². The first-order chi connectivity index (χ1) is 14.5. The molecule has 0 atom stereocenters. The van der Waals surface area contributed by atoms with Gasteiger partial charge in [0, 0.05) is 11.3 Å². The molecule has 0 aliphatic heterocycles. The van der Waals surface area contributed by atoms with Crippen LogP contribution in [0.5, 0.6) is 5.75 Å². The number of rotatable bonds is 5. The van der Waals surface area contributed by atoms with Gasteiger partial charge < -0.3 is 10.1 Å². The lowest BCUT2D eigenvalue weighted by atomic mass is 10.1. The molecule has 30 heavy (non-hydrogen) atoms. The molecule has 0 fully saturated rings. The quantitative estimate of drug-likeness (QED) is 0.497. The SMILES string of the molecule is COc1cccc(-c2cc(C(=O)Nc3ccc(C)cc3)n(-c3ccc(F)cc3)n2)c1. The van der Waals surface area contributed by atoms with Crippen molar-refractivity contribution in [2.45, 2.75) is 6.92 Å². The van der Waals surface area contributed by atoms with Crippen LogP contribution in [-0.4, -0.2) is 22.8 Å². The van der Waals surface area contributed by atoms with E-state index in [4.69, 9.17) is 4.74 Å². The molecule has 1 heterocycles. The number of benzene rings is 3. The molecule has 0 unspecified atom stereocenters. The maximum Gasteiger partial charge on any atom is 0.274 e. The molecule has 1 aromatic heterocycles. The number of carbonyl (C=O) groups is 1. The number of ether oxygens (including phenoxy) is 1. The van der Waals surface area contributed by atoms with Crippen LogP contribution in [0, 0.1) is 12.7 Å². The summed E-state index contributed by atoms with van der Waals surface area (Å²) in [6.07, 6.45) is 0. The number of amides is 1. The molecule has 0 radical (unpaired) electrons. The topological polar surface area (TPSA) is 56.1 Å². The molecular formula is C24H20FN3O2. The summed E-state index contributed by atoms with van der Waals surface area (Å²) < 4.78 is 20.2. The van der Waals surface area contributed by atoms with Crippen molar-refractivity contribution in [3.8, 4) is 22.7 Å². The van der Waals surface area contributed by atoms with Gasteiger partial charge in [0.25, 0.3) is 5.91 Å². The number of carbonyl (C=O) groups excluding carboxylic acids is 1. The zero-order chi connectivity index (χ0) is 21.1. The summed E-state index contributed by atoms with van der Waals surface area (Å²) in [4.78, 5) is 13.1. The molecule has 0 aliphatic carbocycles. The first-order valence-electron chi connectivity index (χ1n) is 9.42. The maximum absolute atomic E-state index is 13.4. The average molecular weight is 401 g/mol. The Bertz CT molecular complexity index is 1180. The van der Waals surface area contributed by atoms with Crippen LogP contribution < -0.4 is 10.1 Å². The van der Waals surface area contributed by atoms with Gasteiger partial charge in [-0.05, 0) is 61.5 Å². The van der Waals surface area contributed by atoms with Crippen LogP contribution in [0.15, 0.2) is 78.9 Å². The monoisotopic (exact) mass is 401 g/mol. The summed E-state index contributed by atoms with van der Waals surface area (Å²) in [6, 6.07) is 22.5. The number of aryl methyl sites for hydroxylation is 1. The molecule has 0 saturated carbocycles. The highest BCUT2D eigenvalue weighted by atomic mass is 19.1. The minimum atomic E-state index is -0.357. The van der Waals surface area contributed by atoms with Gasteiger partial charge in [0.2, 0.25) is 0 Å². The van der Waals surface area contributed by atoms with Crippen LogP contribution in [0.25, 0.3) is 16.9 Å². The number of nitrogens with one attached hydrogen (secondary N) is 1. The molecule has 6 heteroatoms. The summed E-state index contributed by atoms with van der Waals surface area (Å²) in [6.45, 7) is 1.98. The highest BCUT2D eigenvalue weighted by Crippen LogP contribution is 2.26. The molecule has 1 amide bonds. The Labute approximate surface area is 173 Å². The predicted octanol–water partition coefficient (Wildman–Crippen LogP) is 5.25. The summed E-state index contributed by atoms with van der Waals surface area (Å²) in [5, 5.41) is 7.51. The largest absolute Gasteiger partial charge is 0.497 e. The Morgan fingerprint density at radius 3 is 2.43 bits per heavy atom. The van der Waals surface area contributed by atoms with Gasteiger partial charge >= 0.3 is 0 Å². The third-order valence-corrected chi connectivity index (χ3v) is 4.69. The molecule has 1 N–H and O–H groups in total. The van der Waals surface area contributed by atoms with E-state index in [0.29, 0.717) is 28.5 Å². The fraction of sp³-hybridized carbons (Fsp3) is 0.0833. The van der Waals surface area contributed by atoms with Crippen molar-refractivity contribution < 1.29 is 13.9 Å². The minimum Gasteiger partial charge on any atom is -0.497 e. The van der Waals surface area contributed by atoms with Gasteiger partial charge in [0.1, 0.15) is 17.3 Å². The average Bonchev–Trinajstić information content (AvgIpc) is 3.21. The van der Waals surface area contributed by atoms with Gasteiger partial charge in [-0.15, -0.1) is 0 Å². The van der Waals surface area contributed by atoms with E-state index in [0.717, 1.165) is 11.1 Å². The third-order valence-electron chi connectivity index (χ3n) is 4.69. The second-order valence-corrected chi connectivity index (χ2v) is 6.86. The lowest BCUT2D eigenvalue weighted by Gasteiger charge is -2.08. The summed E-state index contributed by atoms with van der Waals surface area (Å²) in [5.74, 6) is 0.0175. The Kier molecular flexibility index (Phi) is 5.30. The van der Waals surface area contributed by atoms with E-state index >= 15 is 0 Å². The Hall–Kier alpha value is -3.93. The van der Waals surface area contributed by atoms with E-state index in [9.17, 15) is 9.18 Å². The van der Waals surface area contributed by atoms with Crippen LogP contribution in [-0.2, 0) is 0 Å². The standard InChI is InChI=1S/C24H20FN3O2/c1-16-6-10-19(11-7-16)26-24(29)23-15-22(17-4-3-5-21(14-17)30-2)27-28(23)20-12-8-18(25)9-13-20/h3-15H,1-2H3,(H,26,29). The molecule has 4 rings (SSSR count). The van der Waals surface area contributed by atoms with E-state index in [2.05, 4.69) is 10.4 Å². The lowest BCUT2D eigenvalue weighted by Crippen LogP contribution is -2.17. The molecule has 5 nitrogen and oxygen atoms in total. The zero-order valence-electron chi connectivity index (χ0n) is 16.6. The molecule has 4 aromatic rings. The number of hydrogen-bond acceptors (Lipinski definition) is 3. The van der Waals surface area contributed by atoms with Crippen molar-refractivity contribution in [3.05, 3.63) is 95.9 Å². The number of nitrogens with zero attached hydrogens (tertiary/aromatic N) is 2. The highest BCUT2D eigenvalue weighted by Gasteiger charge is 2.18. The van der Waals surface area contributed by atoms with Crippen molar-refractivity contribution in [2.75, 3.05) is 12.4 Å². The van der Waals surface area contributed by atoms with Gasteiger partial charge in [0.15, 0.2) is 0 Å². The molecule has 0 aliphatic rings. The Balaban J connectivity index is 1.76. The fourth-order valence-corrected chi connectivity index (χ4v) is 3.08. The van der Waals surface area contributed by atoms with Gasteiger partial charge in [-0.25, -0.2) is 9.07 Å². The Morgan fingerprint density at radius 2 is 1.73 bits per heavy atom. The third kappa shape index (κ3) is 4.07. The molecule has 150 valence electrons. The molecule has 0 spiro atoms. The van der Waals surface area contributed by atoms with Crippen LogP contribution in [0.3, 0.4) is 0 Å². The number of aromatic nitrogens is 2. The smallest absolute Gasteiger partial charge is 0.274 e. The van der Waals surface area contributed by atoms with Crippen LogP contribution in [0.1, 0.15) is 16.1 Å². The van der Waals surface area contributed by atoms with Crippen LogP contribution in [0.2, 0.25) is 0 Å². The normalized spacial score (nSPS) is 10.6.